The fraction of sp³-hybridized carbons (Fsp3) is 1.00. The predicted octanol–water partition coefficient (Wildman–Crippen LogP) is -4.09. The molecule has 2 rings (SSSR count). The minimum atomic E-state index is -1.51. The summed E-state index contributed by atoms with van der Waals surface area (Å²) < 4.78 is 26.0. The highest BCUT2D eigenvalue weighted by molar-refractivity contribution is 4.94. The summed E-state index contributed by atoms with van der Waals surface area (Å²) in [4.78, 5) is 0. The van der Waals surface area contributed by atoms with Gasteiger partial charge in [0.25, 0.3) is 0 Å². The third-order valence-electron chi connectivity index (χ3n) is 4.44. The summed E-state index contributed by atoms with van der Waals surface area (Å²) in [5, 5.41) is 59.2. The second-order valence-corrected chi connectivity index (χ2v) is 5.95. The first-order chi connectivity index (χ1) is 11.9. The number of aliphatic hydroxyl groups is 6. The lowest BCUT2D eigenvalue weighted by Crippen LogP contribution is -2.64. The molecule has 6 N–H and O–H groups in total. The van der Waals surface area contributed by atoms with E-state index in [9.17, 15) is 30.6 Å². The second-order valence-electron chi connectivity index (χ2n) is 5.95. The molecular weight excluding hydrogens is 344 g/mol. The quantitative estimate of drug-likeness (QED) is 0.269. The Bertz CT molecular complexity index is 408. The molecule has 148 valence electrons. The van der Waals surface area contributed by atoms with Crippen LogP contribution in [0.25, 0.3) is 0 Å². The van der Waals surface area contributed by atoms with E-state index in [1.807, 2.05) is 0 Å². The zero-order valence-corrected chi connectivity index (χ0v) is 13.9. The first-order valence-electron chi connectivity index (χ1n) is 7.85. The number of aliphatic hydroxyl groups excluding tert-OH is 6. The SMILES string of the molecule is CO[C@H]1O[C@H](CO)[C@H](O[C@@H]2O[C@H](CO)[C@H](O)[C@H](OC)[C@H]2O)[C@H](O)[C@H]1O. The van der Waals surface area contributed by atoms with Gasteiger partial charge in [0.15, 0.2) is 12.6 Å². The molecule has 0 aromatic rings. The third-order valence-corrected chi connectivity index (χ3v) is 4.44. The third kappa shape index (κ3) is 4.12. The molecule has 0 aliphatic carbocycles. The van der Waals surface area contributed by atoms with E-state index in [1.165, 1.54) is 14.2 Å². The summed E-state index contributed by atoms with van der Waals surface area (Å²) in [7, 11) is 2.52. The van der Waals surface area contributed by atoms with Crippen molar-refractivity contribution >= 4 is 0 Å². The van der Waals surface area contributed by atoms with Crippen LogP contribution in [0, 0.1) is 0 Å². The van der Waals surface area contributed by atoms with E-state index in [4.69, 9.17) is 23.7 Å². The molecule has 2 heterocycles. The maximum absolute atomic E-state index is 10.3. The smallest absolute Gasteiger partial charge is 0.187 e. The topological polar surface area (TPSA) is 168 Å². The summed E-state index contributed by atoms with van der Waals surface area (Å²) in [5.74, 6) is 0. The largest absolute Gasteiger partial charge is 0.394 e. The molecule has 2 fully saturated rings. The van der Waals surface area contributed by atoms with E-state index >= 15 is 0 Å². The number of hydrogen-bond acceptors (Lipinski definition) is 11. The predicted molar refractivity (Wildman–Crippen MR) is 78.2 cm³/mol. The number of ether oxygens (including phenoxy) is 5. The minimum absolute atomic E-state index is 0.559. The molecule has 11 heteroatoms. The van der Waals surface area contributed by atoms with Gasteiger partial charge in [0.05, 0.1) is 13.2 Å². The molecule has 0 saturated carbocycles. The van der Waals surface area contributed by atoms with Gasteiger partial charge in [-0.05, 0) is 0 Å². The first-order valence-corrected chi connectivity index (χ1v) is 7.85. The van der Waals surface area contributed by atoms with Crippen LogP contribution >= 0.6 is 0 Å². The van der Waals surface area contributed by atoms with Crippen LogP contribution in [0.4, 0.5) is 0 Å². The molecule has 0 aromatic carbocycles. The molecule has 11 nitrogen and oxygen atoms in total. The Morgan fingerprint density at radius 2 is 1.28 bits per heavy atom. The molecule has 0 spiro atoms. The molecule has 0 amide bonds. The highest BCUT2D eigenvalue weighted by atomic mass is 16.7. The molecule has 2 aliphatic heterocycles. The molecule has 0 aromatic heterocycles. The fourth-order valence-corrected chi connectivity index (χ4v) is 3.01. The van der Waals surface area contributed by atoms with Crippen molar-refractivity contribution < 1.29 is 54.3 Å². The van der Waals surface area contributed by atoms with Gasteiger partial charge in [-0.2, -0.15) is 0 Å². The van der Waals surface area contributed by atoms with E-state index in [0.717, 1.165) is 0 Å². The van der Waals surface area contributed by atoms with Gasteiger partial charge in [0.2, 0.25) is 0 Å². The van der Waals surface area contributed by atoms with Crippen LogP contribution in [0.5, 0.6) is 0 Å². The standard InChI is InChI=1S/C14H26O11/c1-21-12-7(17)5(3-15)23-14(10(12)20)25-11-6(4-16)24-13(22-2)9(19)8(11)18/h5-20H,3-4H2,1-2H3/t5-,6-,7+,8-,9-,10-,11+,12+,13+,14+/m1/s1. The first kappa shape index (κ1) is 20.9. The number of hydrogen-bond donors (Lipinski definition) is 6. The van der Waals surface area contributed by atoms with Crippen LogP contribution < -0.4 is 0 Å². The van der Waals surface area contributed by atoms with Gasteiger partial charge in [-0.25, -0.2) is 0 Å². The normalized spacial score (nSPS) is 48.5. The maximum atomic E-state index is 10.3. The van der Waals surface area contributed by atoms with E-state index < -0.39 is 74.6 Å². The zero-order chi connectivity index (χ0) is 18.7. The van der Waals surface area contributed by atoms with Gasteiger partial charge in [0.1, 0.15) is 48.8 Å². The monoisotopic (exact) mass is 370 g/mol. The molecule has 0 radical (unpaired) electrons. The Morgan fingerprint density at radius 1 is 0.680 bits per heavy atom. The number of rotatable bonds is 6. The highest BCUT2D eigenvalue weighted by Gasteiger charge is 2.50. The molecular formula is C14H26O11. The minimum Gasteiger partial charge on any atom is -0.394 e. The summed E-state index contributed by atoms with van der Waals surface area (Å²) in [6.45, 7) is -1.12. The van der Waals surface area contributed by atoms with Crippen LogP contribution in [0.2, 0.25) is 0 Å². The van der Waals surface area contributed by atoms with E-state index in [0.29, 0.717) is 0 Å². The van der Waals surface area contributed by atoms with Crippen LogP contribution in [0.15, 0.2) is 0 Å². The van der Waals surface area contributed by atoms with Gasteiger partial charge < -0.3 is 54.3 Å². The Balaban J connectivity index is 2.15. The highest BCUT2D eigenvalue weighted by Crippen LogP contribution is 2.29. The van der Waals surface area contributed by atoms with E-state index in [-0.39, 0.29) is 0 Å². The molecule has 2 aliphatic rings. The van der Waals surface area contributed by atoms with Crippen molar-refractivity contribution in [2.75, 3.05) is 27.4 Å². The average Bonchev–Trinajstić information content (AvgIpc) is 2.61. The van der Waals surface area contributed by atoms with Crippen molar-refractivity contribution in [1.82, 2.24) is 0 Å². The van der Waals surface area contributed by atoms with Crippen LogP contribution in [0.3, 0.4) is 0 Å². The van der Waals surface area contributed by atoms with Crippen molar-refractivity contribution in [2.45, 2.75) is 61.4 Å². The van der Waals surface area contributed by atoms with E-state index in [2.05, 4.69) is 0 Å². The van der Waals surface area contributed by atoms with Crippen molar-refractivity contribution in [3.8, 4) is 0 Å². The van der Waals surface area contributed by atoms with Crippen molar-refractivity contribution in [3.05, 3.63) is 0 Å². The molecule has 2 saturated heterocycles. The van der Waals surface area contributed by atoms with Crippen molar-refractivity contribution in [3.63, 3.8) is 0 Å². The Morgan fingerprint density at radius 3 is 1.80 bits per heavy atom. The lowest BCUT2D eigenvalue weighted by Gasteiger charge is -2.46. The van der Waals surface area contributed by atoms with Gasteiger partial charge >= 0.3 is 0 Å². The lowest BCUT2D eigenvalue weighted by molar-refractivity contribution is -0.358. The van der Waals surface area contributed by atoms with Gasteiger partial charge in [-0.3, -0.25) is 0 Å². The molecule has 25 heavy (non-hydrogen) atoms. The Hall–Kier alpha value is -0.440. The van der Waals surface area contributed by atoms with E-state index in [1.54, 1.807) is 0 Å². The van der Waals surface area contributed by atoms with Gasteiger partial charge in [0, 0.05) is 14.2 Å². The summed E-state index contributed by atoms with van der Waals surface area (Å²) in [6, 6.07) is 0. The Kier molecular flexibility index (Phi) is 7.49. The lowest BCUT2D eigenvalue weighted by atomic mass is 9.97. The van der Waals surface area contributed by atoms with Crippen molar-refractivity contribution in [2.24, 2.45) is 0 Å². The van der Waals surface area contributed by atoms with Crippen LogP contribution in [-0.2, 0) is 23.7 Å². The fourth-order valence-electron chi connectivity index (χ4n) is 3.01. The van der Waals surface area contributed by atoms with Crippen molar-refractivity contribution in [1.29, 1.82) is 0 Å². The maximum Gasteiger partial charge on any atom is 0.187 e. The zero-order valence-electron chi connectivity index (χ0n) is 13.9. The summed E-state index contributed by atoms with van der Waals surface area (Å²) in [6.07, 6.45) is -12.8. The molecule has 0 unspecified atom stereocenters. The van der Waals surface area contributed by atoms with Gasteiger partial charge in [-0.1, -0.05) is 0 Å². The van der Waals surface area contributed by atoms with Crippen LogP contribution in [0.1, 0.15) is 0 Å². The summed E-state index contributed by atoms with van der Waals surface area (Å²) in [5.41, 5.74) is 0. The Labute approximate surface area is 144 Å². The summed E-state index contributed by atoms with van der Waals surface area (Å²) >= 11 is 0. The van der Waals surface area contributed by atoms with Gasteiger partial charge in [-0.15, -0.1) is 0 Å². The number of methoxy groups -OCH3 is 2. The average molecular weight is 370 g/mol. The molecule has 10 atom stereocenters. The second kappa shape index (κ2) is 8.97. The van der Waals surface area contributed by atoms with Crippen LogP contribution in [-0.4, -0.2) is 119 Å². The molecule has 0 bridgehead atoms.